The predicted octanol–water partition coefficient (Wildman–Crippen LogP) is 4.56. The first-order valence-electron chi connectivity index (χ1n) is 10.4. The van der Waals surface area contributed by atoms with Gasteiger partial charge in [-0.05, 0) is 55.4 Å². The van der Waals surface area contributed by atoms with Crippen molar-refractivity contribution in [2.45, 2.75) is 63.6 Å². The van der Waals surface area contributed by atoms with Crippen molar-refractivity contribution in [2.75, 3.05) is 7.11 Å². The Kier molecular flexibility index (Phi) is 4.96. The summed E-state index contributed by atoms with van der Waals surface area (Å²) in [4.78, 5) is 37.2. The van der Waals surface area contributed by atoms with E-state index in [4.69, 9.17) is 4.74 Å². The standard InChI is InChI=1S/C23H29BrO4/c1-22-12-19(26)21-15(16(22)8-5-13(22)6-9-20(27)28-3)7-4-14-10-18(25)17(24)11-23(14,21)2/h6,10,15-17,21H,4-5,7-9,11-12H2,1-3H3/t15-,16-,17?,21+,22+,23-/m0/s1. The molecule has 0 bridgehead atoms. The zero-order chi connectivity index (χ0) is 20.3. The zero-order valence-electron chi connectivity index (χ0n) is 16.9. The first-order chi connectivity index (χ1) is 13.2. The van der Waals surface area contributed by atoms with Crippen molar-refractivity contribution in [3.8, 4) is 0 Å². The summed E-state index contributed by atoms with van der Waals surface area (Å²) in [5.74, 6) is 1.12. The number of rotatable bonds is 2. The smallest absolute Gasteiger partial charge is 0.309 e. The number of Topliss-reactive ketones (excluding diaryl/α,β-unsaturated/α-hetero) is 1. The highest BCUT2D eigenvalue weighted by molar-refractivity contribution is 9.10. The Labute approximate surface area is 175 Å². The van der Waals surface area contributed by atoms with Gasteiger partial charge < -0.3 is 4.74 Å². The molecule has 0 aliphatic heterocycles. The number of fused-ring (bicyclic) bond motifs is 5. The van der Waals surface area contributed by atoms with Gasteiger partial charge in [-0.2, -0.15) is 0 Å². The van der Waals surface area contributed by atoms with E-state index in [1.165, 1.54) is 18.3 Å². The minimum atomic E-state index is -0.227. The second kappa shape index (κ2) is 6.93. The van der Waals surface area contributed by atoms with Crippen molar-refractivity contribution in [1.29, 1.82) is 0 Å². The van der Waals surface area contributed by atoms with Crippen molar-refractivity contribution in [3.05, 3.63) is 23.3 Å². The molecule has 4 aliphatic rings. The number of halogens is 1. The van der Waals surface area contributed by atoms with Crippen LogP contribution in [0, 0.1) is 28.6 Å². The highest BCUT2D eigenvalue weighted by Crippen LogP contribution is 2.65. The monoisotopic (exact) mass is 448 g/mol. The van der Waals surface area contributed by atoms with Gasteiger partial charge in [0.1, 0.15) is 5.78 Å². The van der Waals surface area contributed by atoms with Crippen LogP contribution >= 0.6 is 15.9 Å². The second-order valence-electron chi connectivity index (χ2n) is 9.56. The third-order valence-electron chi connectivity index (χ3n) is 8.25. The van der Waals surface area contributed by atoms with Crippen LogP contribution in [0.4, 0.5) is 0 Å². The van der Waals surface area contributed by atoms with E-state index in [0.717, 1.165) is 32.1 Å². The molecule has 0 aromatic rings. The van der Waals surface area contributed by atoms with E-state index in [9.17, 15) is 14.4 Å². The summed E-state index contributed by atoms with van der Waals surface area (Å²) >= 11 is 3.55. The summed E-state index contributed by atoms with van der Waals surface area (Å²) in [5, 5.41) is 0. The van der Waals surface area contributed by atoms with Crippen LogP contribution in [-0.4, -0.2) is 29.5 Å². The van der Waals surface area contributed by atoms with Gasteiger partial charge >= 0.3 is 5.97 Å². The topological polar surface area (TPSA) is 60.4 Å². The number of methoxy groups -OCH3 is 1. The van der Waals surface area contributed by atoms with E-state index < -0.39 is 0 Å². The van der Waals surface area contributed by atoms with Crippen molar-refractivity contribution >= 4 is 33.5 Å². The summed E-state index contributed by atoms with van der Waals surface area (Å²) in [6, 6.07) is 0. The van der Waals surface area contributed by atoms with Crippen LogP contribution in [0.5, 0.6) is 0 Å². The maximum atomic E-state index is 13.5. The van der Waals surface area contributed by atoms with Gasteiger partial charge in [-0.15, -0.1) is 0 Å². The molecule has 4 rings (SSSR count). The fourth-order valence-electron chi connectivity index (χ4n) is 6.89. The van der Waals surface area contributed by atoms with Gasteiger partial charge in [0.15, 0.2) is 5.78 Å². The van der Waals surface area contributed by atoms with Crippen LogP contribution in [0.15, 0.2) is 23.3 Å². The largest absolute Gasteiger partial charge is 0.469 e. The van der Waals surface area contributed by atoms with E-state index in [1.54, 1.807) is 0 Å². The van der Waals surface area contributed by atoms with Gasteiger partial charge in [-0.1, -0.05) is 47.0 Å². The number of alkyl halides is 1. The molecule has 0 amide bonds. The number of ketones is 2. The Morgan fingerprint density at radius 2 is 2.00 bits per heavy atom. The minimum absolute atomic E-state index is 0.0127. The van der Waals surface area contributed by atoms with Gasteiger partial charge in [-0.25, -0.2) is 0 Å². The lowest BCUT2D eigenvalue weighted by Crippen LogP contribution is -2.55. The minimum Gasteiger partial charge on any atom is -0.469 e. The van der Waals surface area contributed by atoms with Crippen LogP contribution < -0.4 is 0 Å². The van der Waals surface area contributed by atoms with Crippen molar-refractivity contribution in [2.24, 2.45) is 28.6 Å². The fourth-order valence-corrected chi connectivity index (χ4v) is 7.69. The molecule has 0 aromatic carbocycles. The molecule has 6 atom stereocenters. The van der Waals surface area contributed by atoms with E-state index in [0.29, 0.717) is 24.0 Å². The Morgan fingerprint density at radius 3 is 2.71 bits per heavy atom. The highest BCUT2D eigenvalue weighted by atomic mass is 79.9. The van der Waals surface area contributed by atoms with Gasteiger partial charge in [0.2, 0.25) is 0 Å². The third kappa shape index (κ3) is 2.88. The summed E-state index contributed by atoms with van der Waals surface area (Å²) in [6.07, 6.45) is 9.35. The molecule has 1 unspecified atom stereocenters. The molecule has 0 spiro atoms. The summed E-state index contributed by atoms with van der Waals surface area (Å²) < 4.78 is 4.79. The summed E-state index contributed by atoms with van der Waals surface area (Å²) in [5.41, 5.74) is 2.11. The maximum absolute atomic E-state index is 13.5. The number of carbonyl (C=O) groups excluding carboxylic acids is 3. The zero-order valence-corrected chi connectivity index (χ0v) is 18.5. The molecule has 3 saturated carbocycles. The Hall–Kier alpha value is -1.23. The molecule has 4 aliphatic carbocycles. The molecule has 28 heavy (non-hydrogen) atoms. The number of allylic oxidation sites excluding steroid dienone is 2. The average molecular weight is 449 g/mol. The van der Waals surface area contributed by atoms with Crippen LogP contribution in [0.2, 0.25) is 0 Å². The Bertz CT molecular complexity index is 796. The molecule has 3 fully saturated rings. The van der Waals surface area contributed by atoms with Gasteiger partial charge in [0.25, 0.3) is 0 Å². The molecule has 5 heteroatoms. The molecule has 4 nitrogen and oxygen atoms in total. The molecule has 0 radical (unpaired) electrons. The number of hydrogen-bond donors (Lipinski definition) is 0. The van der Waals surface area contributed by atoms with E-state index in [1.807, 2.05) is 12.2 Å². The molecule has 152 valence electrons. The van der Waals surface area contributed by atoms with Crippen molar-refractivity contribution in [1.82, 2.24) is 0 Å². The summed E-state index contributed by atoms with van der Waals surface area (Å²) in [6.45, 7) is 4.44. The number of carbonyl (C=O) groups is 3. The molecule has 0 aromatic heterocycles. The summed E-state index contributed by atoms with van der Waals surface area (Å²) in [7, 11) is 1.41. The Morgan fingerprint density at radius 1 is 1.25 bits per heavy atom. The molecule has 0 saturated heterocycles. The Balaban J connectivity index is 1.67. The second-order valence-corrected chi connectivity index (χ2v) is 10.7. The quantitative estimate of drug-likeness (QED) is 0.352. The van der Waals surface area contributed by atoms with Crippen molar-refractivity contribution < 1.29 is 19.1 Å². The highest BCUT2D eigenvalue weighted by Gasteiger charge is 2.61. The maximum Gasteiger partial charge on any atom is 0.309 e. The molecular formula is C23H29BrO4. The fraction of sp³-hybridized carbons (Fsp3) is 0.696. The number of esters is 1. The van der Waals surface area contributed by atoms with Crippen LogP contribution in [0.1, 0.15) is 58.8 Å². The van der Waals surface area contributed by atoms with Crippen LogP contribution in [0.3, 0.4) is 0 Å². The lowest BCUT2D eigenvalue weighted by atomic mass is 9.47. The number of hydrogen-bond acceptors (Lipinski definition) is 4. The molecular weight excluding hydrogens is 420 g/mol. The van der Waals surface area contributed by atoms with E-state index >= 15 is 0 Å². The molecule has 0 N–H and O–H groups in total. The van der Waals surface area contributed by atoms with Crippen LogP contribution in [0.25, 0.3) is 0 Å². The van der Waals surface area contributed by atoms with E-state index in [2.05, 4.69) is 29.8 Å². The first kappa shape index (κ1) is 20.1. The lowest BCUT2D eigenvalue weighted by molar-refractivity contribution is -0.142. The number of ether oxygens (including phenoxy) is 1. The van der Waals surface area contributed by atoms with E-state index in [-0.39, 0.29) is 39.7 Å². The first-order valence-corrected chi connectivity index (χ1v) is 11.3. The van der Waals surface area contributed by atoms with Crippen LogP contribution in [-0.2, 0) is 19.1 Å². The SMILES string of the molecule is COC(=O)CC=C1CC[C@H]2[C@@H]3CCC4=CC(=O)C(Br)C[C@]4(C)[C@H]3C(=O)C[C@]12C. The average Bonchev–Trinajstić information content (AvgIpc) is 2.96. The normalized spacial score (nSPS) is 43.9. The predicted molar refractivity (Wildman–Crippen MR) is 110 cm³/mol. The lowest BCUT2D eigenvalue weighted by Gasteiger charge is -2.56. The molecule has 0 heterocycles. The van der Waals surface area contributed by atoms with Gasteiger partial charge in [0.05, 0.1) is 18.4 Å². The van der Waals surface area contributed by atoms with Gasteiger partial charge in [0, 0.05) is 17.8 Å². The third-order valence-corrected chi connectivity index (χ3v) is 9.02. The van der Waals surface area contributed by atoms with Gasteiger partial charge in [-0.3, -0.25) is 14.4 Å². The van der Waals surface area contributed by atoms with Crippen molar-refractivity contribution in [3.63, 3.8) is 0 Å².